The topological polar surface area (TPSA) is 17.1 Å². The van der Waals surface area contributed by atoms with Gasteiger partial charge in [-0.2, -0.15) is 0 Å². The summed E-state index contributed by atoms with van der Waals surface area (Å²) in [4.78, 5) is 11.9. The standard InChI is InChI=1S/C10H14Br2O/c1-9(5-11)7-2-3-10(9,6-12)8(13)4-7/h7H,2-6H2,1H3/t7-,9?,10-/m1/s1. The molecule has 0 N–H and O–H groups in total. The molecular weight excluding hydrogens is 296 g/mol. The Labute approximate surface area is 95.9 Å². The van der Waals surface area contributed by atoms with Crippen molar-refractivity contribution in [1.82, 2.24) is 0 Å². The van der Waals surface area contributed by atoms with E-state index in [-0.39, 0.29) is 10.8 Å². The zero-order chi connectivity index (χ0) is 9.69. The fourth-order valence-corrected chi connectivity index (χ4v) is 5.38. The lowest BCUT2D eigenvalue weighted by Gasteiger charge is -2.36. The van der Waals surface area contributed by atoms with Crippen molar-refractivity contribution in [3.8, 4) is 0 Å². The number of hydrogen-bond acceptors (Lipinski definition) is 1. The van der Waals surface area contributed by atoms with Crippen LogP contribution in [0.1, 0.15) is 26.2 Å². The first kappa shape index (κ1) is 10.2. The molecule has 2 aliphatic rings. The van der Waals surface area contributed by atoms with Gasteiger partial charge in [0.25, 0.3) is 0 Å². The van der Waals surface area contributed by atoms with Crippen LogP contribution in [0.3, 0.4) is 0 Å². The Morgan fingerprint density at radius 2 is 2.15 bits per heavy atom. The highest BCUT2D eigenvalue weighted by molar-refractivity contribution is 9.09. The van der Waals surface area contributed by atoms with Crippen molar-refractivity contribution in [3.63, 3.8) is 0 Å². The number of carbonyl (C=O) groups excluding carboxylic acids is 1. The molecule has 74 valence electrons. The normalized spacial score (nSPS) is 48.8. The minimum Gasteiger partial charge on any atom is -0.299 e. The summed E-state index contributed by atoms with van der Waals surface area (Å²) in [6, 6.07) is 0. The molecule has 0 aromatic heterocycles. The van der Waals surface area contributed by atoms with Gasteiger partial charge in [0, 0.05) is 22.5 Å². The van der Waals surface area contributed by atoms with Crippen LogP contribution in [-0.4, -0.2) is 16.4 Å². The van der Waals surface area contributed by atoms with Crippen LogP contribution in [0.2, 0.25) is 0 Å². The Kier molecular flexibility index (Phi) is 2.39. The fraction of sp³-hybridized carbons (Fsp3) is 0.900. The van der Waals surface area contributed by atoms with Gasteiger partial charge in [0.15, 0.2) is 0 Å². The maximum absolute atomic E-state index is 11.9. The summed E-state index contributed by atoms with van der Waals surface area (Å²) in [6.45, 7) is 2.27. The Balaban J connectivity index is 2.45. The van der Waals surface area contributed by atoms with Gasteiger partial charge in [0.05, 0.1) is 0 Å². The monoisotopic (exact) mass is 308 g/mol. The van der Waals surface area contributed by atoms with Gasteiger partial charge in [0.1, 0.15) is 5.78 Å². The molecule has 0 spiro atoms. The number of fused-ring (bicyclic) bond motifs is 2. The minimum absolute atomic E-state index is 0.0544. The highest BCUT2D eigenvalue weighted by Gasteiger charge is 2.65. The summed E-state index contributed by atoms with van der Waals surface area (Å²) >= 11 is 7.12. The van der Waals surface area contributed by atoms with E-state index in [4.69, 9.17) is 0 Å². The lowest BCUT2D eigenvalue weighted by molar-refractivity contribution is -0.127. The van der Waals surface area contributed by atoms with Gasteiger partial charge in [0.2, 0.25) is 0 Å². The summed E-state index contributed by atoms with van der Waals surface area (Å²) in [5.41, 5.74) is 0.148. The summed E-state index contributed by atoms with van der Waals surface area (Å²) < 4.78 is 0. The van der Waals surface area contributed by atoms with Crippen LogP contribution in [0.25, 0.3) is 0 Å². The molecule has 2 rings (SSSR count). The molecule has 2 saturated carbocycles. The van der Waals surface area contributed by atoms with Gasteiger partial charge >= 0.3 is 0 Å². The van der Waals surface area contributed by atoms with E-state index in [0.717, 1.165) is 23.5 Å². The number of hydrogen-bond donors (Lipinski definition) is 0. The van der Waals surface area contributed by atoms with Crippen LogP contribution in [-0.2, 0) is 4.79 Å². The first-order chi connectivity index (χ1) is 6.10. The molecule has 2 aliphatic carbocycles. The van der Waals surface area contributed by atoms with Gasteiger partial charge in [-0.3, -0.25) is 4.79 Å². The largest absolute Gasteiger partial charge is 0.299 e. The van der Waals surface area contributed by atoms with E-state index < -0.39 is 0 Å². The third-order valence-corrected chi connectivity index (χ3v) is 6.51. The average molecular weight is 310 g/mol. The Hall–Kier alpha value is 0.630. The molecule has 0 heterocycles. The van der Waals surface area contributed by atoms with Crippen LogP contribution in [0.4, 0.5) is 0 Å². The summed E-state index contributed by atoms with van der Waals surface area (Å²) in [7, 11) is 0. The van der Waals surface area contributed by atoms with Crippen molar-refractivity contribution in [3.05, 3.63) is 0 Å². The smallest absolute Gasteiger partial charge is 0.140 e. The lowest BCUT2D eigenvalue weighted by atomic mass is 9.70. The van der Waals surface area contributed by atoms with E-state index in [1.165, 1.54) is 6.42 Å². The third kappa shape index (κ3) is 1.01. The zero-order valence-electron chi connectivity index (χ0n) is 7.78. The number of alkyl halides is 2. The molecule has 2 bridgehead atoms. The molecule has 0 saturated heterocycles. The molecule has 3 atom stereocenters. The minimum atomic E-state index is -0.0544. The molecule has 0 amide bonds. The second-order valence-corrected chi connectivity index (χ2v) is 5.75. The number of halogens is 2. The van der Waals surface area contributed by atoms with Gasteiger partial charge in [-0.15, -0.1) is 0 Å². The zero-order valence-corrected chi connectivity index (χ0v) is 10.9. The molecular formula is C10H14Br2O. The maximum atomic E-state index is 11.9. The van der Waals surface area contributed by atoms with Crippen molar-refractivity contribution < 1.29 is 4.79 Å². The molecule has 1 unspecified atom stereocenters. The van der Waals surface area contributed by atoms with Crippen LogP contribution >= 0.6 is 31.9 Å². The predicted octanol–water partition coefficient (Wildman–Crippen LogP) is 3.15. The molecule has 0 aromatic rings. The van der Waals surface area contributed by atoms with Crippen molar-refractivity contribution >= 4 is 37.6 Å². The van der Waals surface area contributed by atoms with E-state index in [1.807, 2.05) is 0 Å². The van der Waals surface area contributed by atoms with E-state index in [9.17, 15) is 4.79 Å². The van der Waals surface area contributed by atoms with E-state index in [2.05, 4.69) is 38.8 Å². The lowest BCUT2D eigenvalue weighted by Crippen LogP contribution is -2.40. The highest BCUT2D eigenvalue weighted by Crippen LogP contribution is 2.65. The van der Waals surface area contributed by atoms with E-state index in [0.29, 0.717) is 11.7 Å². The van der Waals surface area contributed by atoms with Crippen LogP contribution in [0, 0.1) is 16.7 Å². The number of ketones is 1. The van der Waals surface area contributed by atoms with Crippen molar-refractivity contribution in [2.75, 3.05) is 10.7 Å². The van der Waals surface area contributed by atoms with Gasteiger partial charge in [-0.1, -0.05) is 38.8 Å². The number of Topliss-reactive ketones (excluding diaryl/α,β-unsaturated/α-hetero) is 1. The van der Waals surface area contributed by atoms with Gasteiger partial charge in [-0.05, 0) is 24.2 Å². The highest BCUT2D eigenvalue weighted by atomic mass is 79.9. The van der Waals surface area contributed by atoms with Crippen LogP contribution in [0.5, 0.6) is 0 Å². The average Bonchev–Trinajstić information content (AvgIpc) is 2.53. The second kappa shape index (κ2) is 3.06. The molecule has 0 aliphatic heterocycles. The molecule has 3 heteroatoms. The van der Waals surface area contributed by atoms with Crippen LogP contribution in [0.15, 0.2) is 0 Å². The molecule has 0 radical (unpaired) electrons. The Morgan fingerprint density at radius 1 is 1.46 bits per heavy atom. The van der Waals surface area contributed by atoms with Gasteiger partial charge < -0.3 is 0 Å². The Bertz CT molecular complexity index is 253. The van der Waals surface area contributed by atoms with Gasteiger partial charge in [-0.25, -0.2) is 0 Å². The SMILES string of the molecule is CC1(CBr)[C@@H]2CC[C@@]1(CBr)C(=O)C2. The van der Waals surface area contributed by atoms with E-state index in [1.54, 1.807) is 0 Å². The van der Waals surface area contributed by atoms with Crippen LogP contribution < -0.4 is 0 Å². The molecule has 0 aromatic carbocycles. The number of rotatable bonds is 2. The summed E-state index contributed by atoms with van der Waals surface area (Å²) in [5.74, 6) is 1.11. The summed E-state index contributed by atoms with van der Waals surface area (Å²) in [5, 5.41) is 1.80. The molecule has 13 heavy (non-hydrogen) atoms. The second-order valence-electron chi connectivity index (χ2n) is 4.63. The van der Waals surface area contributed by atoms with E-state index >= 15 is 0 Å². The molecule has 2 fully saturated rings. The van der Waals surface area contributed by atoms with Crippen molar-refractivity contribution in [2.45, 2.75) is 26.2 Å². The first-order valence-corrected chi connectivity index (χ1v) is 7.00. The third-order valence-electron chi connectivity index (χ3n) is 4.39. The predicted molar refractivity (Wildman–Crippen MR) is 60.5 cm³/mol. The fourth-order valence-electron chi connectivity index (χ4n) is 3.15. The quantitative estimate of drug-likeness (QED) is 0.716. The number of carbonyl (C=O) groups is 1. The summed E-state index contributed by atoms with van der Waals surface area (Å²) in [6.07, 6.45) is 3.14. The maximum Gasteiger partial charge on any atom is 0.140 e. The first-order valence-electron chi connectivity index (χ1n) is 4.76. The van der Waals surface area contributed by atoms with Crippen molar-refractivity contribution in [2.24, 2.45) is 16.7 Å². The van der Waals surface area contributed by atoms with Crippen molar-refractivity contribution in [1.29, 1.82) is 0 Å². The Morgan fingerprint density at radius 3 is 2.54 bits per heavy atom. The molecule has 1 nitrogen and oxygen atoms in total.